The molecule has 0 saturated heterocycles. The SMILES string of the molecule is O=C(C[C@@H]1CCOc2ccccc21)NCc1nc(C(=O)O)cs1. The number of nitrogens with one attached hydrogen (secondary N) is 1. The zero-order valence-electron chi connectivity index (χ0n) is 12.3. The predicted octanol–water partition coefficient (Wildman–Crippen LogP) is 2.41. The molecular weight excluding hydrogens is 316 g/mol. The van der Waals surface area contributed by atoms with E-state index in [-0.39, 0.29) is 24.1 Å². The number of nitrogens with zero attached hydrogens (tertiary/aromatic N) is 1. The van der Waals surface area contributed by atoms with E-state index in [0.29, 0.717) is 18.0 Å². The largest absolute Gasteiger partial charge is 0.493 e. The van der Waals surface area contributed by atoms with Crippen LogP contribution in [-0.4, -0.2) is 28.6 Å². The van der Waals surface area contributed by atoms with Gasteiger partial charge in [-0.05, 0) is 24.0 Å². The van der Waals surface area contributed by atoms with E-state index in [1.54, 1.807) is 0 Å². The van der Waals surface area contributed by atoms with E-state index < -0.39 is 5.97 Å². The third-order valence-electron chi connectivity index (χ3n) is 3.72. The Labute approximate surface area is 137 Å². The maximum absolute atomic E-state index is 12.1. The molecule has 23 heavy (non-hydrogen) atoms. The van der Waals surface area contributed by atoms with Crippen LogP contribution in [0.3, 0.4) is 0 Å². The summed E-state index contributed by atoms with van der Waals surface area (Å²) in [5.41, 5.74) is 1.08. The van der Waals surface area contributed by atoms with Gasteiger partial charge >= 0.3 is 5.97 Å². The average Bonchev–Trinajstić information content (AvgIpc) is 3.03. The molecule has 1 aliphatic rings. The number of carboxylic acid groups (broad SMARTS) is 1. The molecule has 0 bridgehead atoms. The number of ether oxygens (including phenoxy) is 1. The van der Waals surface area contributed by atoms with Crippen LogP contribution in [0.4, 0.5) is 0 Å². The Bertz CT molecular complexity index is 728. The first-order chi connectivity index (χ1) is 11.1. The number of hydrogen-bond donors (Lipinski definition) is 2. The van der Waals surface area contributed by atoms with Gasteiger partial charge in [0.05, 0.1) is 13.2 Å². The molecule has 0 unspecified atom stereocenters. The van der Waals surface area contributed by atoms with Crippen LogP contribution in [0.2, 0.25) is 0 Å². The molecule has 2 heterocycles. The van der Waals surface area contributed by atoms with Crippen LogP contribution in [0.1, 0.15) is 39.8 Å². The van der Waals surface area contributed by atoms with E-state index in [2.05, 4.69) is 10.3 Å². The second kappa shape index (κ2) is 6.78. The molecule has 2 N–H and O–H groups in total. The zero-order chi connectivity index (χ0) is 16.2. The first-order valence-corrected chi connectivity index (χ1v) is 8.17. The van der Waals surface area contributed by atoms with Crippen molar-refractivity contribution < 1.29 is 19.4 Å². The van der Waals surface area contributed by atoms with Crippen LogP contribution in [0.15, 0.2) is 29.6 Å². The second-order valence-electron chi connectivity index (χ2n) is 5.28. The number of rotatable bonds is 5. The fourth-order valence-electron chi connectivity index (χ4n) is 2.59. The Morgan fingerprint density at radius 1 is 1.39 bits per heavy atom. The van der Waals surface area contributed by atoms with E-state index in [1.165, 1.54) is 16.7 Å². The molecule has 1 aromatic carbocycles. The Balaban J connectivity index is 1.56. The summed E-state index contributed by atoms with van der Waals surface area (Å²) in [4.78, 5) is 26.9. The van der Waals surface area contributed by atoms with E-state index in [9.17, 15) is 9.59 Å². The minimum Gasteiger partial charge on any atom is -0.493 e. The molecule has 3 rings (SSSR count). The number of hydrogen-bond acceptors (Lipinski definition) is 5. The number of aromatic nitrogens is 1. The summed E-state index contributed by atoms with van der Waals surface area (Å²) in [5, 5.41) is 13.7. The summed E-state index contributed by atoms with van der Waals surface area (Å²) >= 11 is 1.23. The molecule has 2 aromatic rings. The molecule has 120 valence electrons. The summed E-state index contributed by atoms with van der Waals surface area (Å²) in [6.07, 6.45) is 1.20. The predicted molar refractivity (Wildman–Crippen MR) is 84.8 cm³/mol. The number of carbonyl (C=O) groups is 2. The summed E-state index contributed by atoms with van der Waals surface area (Å²) in [7, 11) is 0. The minimum absolute atomic E-state index is 0.0117. The van der Waals surface area contributed by atoms with Crippen LogP contribution in [-0.2, 0) is 11.3 Å². The van der Waals surface area contributed by atoms with Gasteiger partial charge in [-0.3, -0.25) is 4.79 Å². The molecule has 0 aliphatic carbocycles. The van der Waals surface area contributed by atoms with Crippen LogP contribution in [0.5, 0.6) is 5.75 Å². The highest BCUT2D eigenvalue weighted by Gasteiger charge is 2.23. The van der Waals surface area contributed by atoms with Crippen molar-refractivity contribution in [1.29, 1.82) is 0 Å². The van der Waals surface area contributed by atoms with Gasteiger partial charge in [0.25, 0.3) is 0 Å². The van der Waals surface area contributed by atoms with Gasteiger partial charge in [-0.25, -0.2) is 9.78 Å². The van der Waals surface area contributed by atoms with E-state index in [1.807, 2.05) is 24.3 Å². The van der Waals surface area contributed by atoms with Gasteiger partial charge in [0, 0.05) is 11.8 Å². The van der Waals surface area contributed by atoms with E-state index in [0.717, 1.165) is 17.7 Å². The number of carbonyl (C=O) groups excluding carboxylic acids is 1. The molecule has 6 nitrogen and oxygen atoms in total. The molecule has 1 aromatic heterocycles. The highest BCUT2D eigenvalue weighted by atomic mass is 32.1. The van der Waals surface area contributed by atoms with Gasteiger partial charge < -0.3 is 15.2 Å². The van der Waals surface area contributed by atoms with Crippen molar-refractivity contribution in [1.82, 2.24) is 10.3 Å². The van der Waals surface area contributed by atoms with Crippen LogP contribution in [0.25, 0.3) is 0 Å². The van der Waals surface area contributed by atoms with Crippen molar-refractivity contribution in [3.63, 3.8) is 0 Å². The highest BCUT2D eigenvalue weighted by Crippen LogP contribution is 2.35. The number of fused-ring (bicyclic) bond motifs is 1. The van der Waals surface area contributed by atoms with Crippen molar-refractivity contribution in [3.05, 3.63) is 45.9 Å². The lowest BCUT2D eigenvalue weighted by Crippen LogP contribution is -2.26. The summed E-state index contributed by atoms with van der Waals surface area (Å²) in [6, 6.07) is 7.78. The zero-order valence-corrected chi connectivity index (χ0v) is 13.1. The lowest BCUT2D eigenvalue weighted by atomic mass is 9.90. The van der Waals surface area contributed by atoms with Gasteiger partial charge in [-0.2, -0.15) is 0 Å². The van der Waals surface area contributed by atoms with Crippen LogP contribution >= 0.6 is 11.3 Å². The van der Waals surface area contributed by atoms with Gasteiger partial charge in [-0.15, -0.1) is 11.3 Å². The van der Waals surface area contributed by atoms with E-state index >= 15 is 0 Å². The maximum atomic E-state index is 12.1. The lowest BCUT2D eigenvalue weighted by Gasteiger charge is -2.25. The molecule has 0 saturated carbocycles. The van der Waals surface area contributed by atoms with Crippen molar-refractivity contribution in [3.8, 4) is 5.75 Å². The fourth-order valence-corrected chi connectivity index (χ4v) is 3.30. The average molecular weight is 332 g/mol. The normalized spacial score (nSPS) is 16.3. The van der Waals surface area contributed by atoms with Gasteiger partial charge in [-0.1, -0.05) is 18.2 Å². The van der Waals surface area contributed by atoms with Crippen molar-refractivity contribution >= 4 is 23.2 Å². The molecule has 1 amide bonds. The Morgan fingerprint density at radius 3 is 3.00 bits per heavy atom. The van der Waals surface area contributed by atoms with Crippen molar-refractivity contribution in [2.75, 3.05) is 6.61 Å². The third-order valence-corrected chi connectivity index (χ3v) is 4.57. The lowest BCUT2D eigenvalue weighted by molar-refractivity contribution is -0.121. The third kappa shape index (κ3) is 3.68. The maximum Gasteiger partial charge on any atom is 0.355 e. The van der Waals surface area contributed by atoms with Crippen LogP contribution in [0, 0.1) is 0 Å². The number of benzene rings is 1. The molecule has 0 fully saturated rings. The number of para-hydroxylation sites is 1. The minimum atomic E-state index is -1.06. The first-order valence-electron chi connectivity index (χ1n) is 7.29. The summed E-state index contributed by atoms with van der Waals surface area (Å²) < 4.78 is 5.59. The standard InChI is InChI=1S/C16H16N2O4S/c19-14(17-8-15-18-12(9-23-15)16(20)21)7-10-5-6-22-13-4-2-1-3-11(10)13/h1-4,9-10H,5-8H2,(H,17,19)(H,20,21)/t10-/m0/s1. The molecule has 0 radical (unpaired) electrons. The number of thiazole rings is 1. The Morgan fingerprint density at radius 2 is 2.22 bits per heavy atom. The molecule has 1 atom stereocenters. The second-order valence-corrected chi connectivity index (χ2v) is 6.23. The smallest absolute Gasteiger partial charge is 0.355 e. The van der Waals surface area contributed by atoms with Crippen molar-refractivity contribution in [2.45, 2.75) is 25.3 Å². The molecule has 7 heteroatoms. The molecule has 1 aliphatic heterocycles. The van der Waals surface area contributed by atoms with Gasteiger partial charge in [0.1, 0.15) is 10.8 Å². The molecule has 0 spiro atoms. The Kier molecular flexibility index (Phi) is 4.57. The van der Waals surface area contributed by atoms with Gasteiger partial charge in [0.2, 0.25) is 5.91 Å². The van der Waals surface area contributed by atoms with Gasteiger partial charge in [0.15, 0.2) is 5.69 Å². The number of aromatic carboxylic acids is 1. The van der Waals surface area contributed by atoms with E-state index in [4.69, 9.17) is 9.84 Å². The quantitative estimate of drug-likeness (QED) is 0.878. The Hall–Kier alpha value is -2.41. The number of carboxylic acids is 1. The monoisotopic (exact) mass is 332 g/mol. The topological polar surface area (TPSA) is 88.5 Å². The molecular formula is C16H16N2O4S. The fraction of sp³-hybridized carbons (Fsp3) is 0.312. The number of amides is 1. The summed E-state index contributed by atoms with van der Waals surface area (Å²) in [6.45, 7) is 0.866. The highest BCUT2D eigenvalue weighted by molar-refractivity contribution is 7.09. The summed E-state index contributed by atoms with van der Waals surface area (Å²) in [5.74, 6) is -0.134. The van der Waals surface area contributed by atoms with Crippen LogP contribution < -0.4 is 10.1 Å². The van der Waals surface area contributed by atoms with Crippen molar-refractivity contribution in [2.24, 2.45) is 0 Å². The first kappa shape index (κ1) is 15.5.